The monoisotopic (exact) mass is 306 g/mol. The lowest BCUT2D eigenvalue weighted by molar-refractivity contribution is 0.0874. The van der Waals surface area contributed by atoms with Gasteiger partial charge in [0.25, 0.3) is 0 Å². The Morgan fingerprint density at radius 2 is 2.00 bits per heavy atom. The molecule has 0 saturated carbocycles. The maximum atomic E-state index is 5.41. The van der Waals surface area contributed by atoms with E-state index in [1.165, 1.54) is 54.6 Å². The number of H-pyrrole nitrogens is 1. The van der Waals surface area contributed by atoms with Crippen molar-refractivity contribution in [2.24, 2.45) is 5.92 Å². The number of fused-ring (bicyclic) bond motifs is 4. The number of hydrogen-bond donors (Lipinski definition) is 1. The molecule has 0 amide bonds. The molecule has 1 unspecified atom stereocenters. The van der Waals surface area contributed by atoms with Gasteiger partial charge in [-0.15, -0.1) is 12.4 Å². The van der Waals surface area contributed by atoms with E-state index in [-0.39, 0.29) is 12.4 Å². The van der Waals surface area contributed by atoms with Crippen LogP contribution >= 0.6 is 12.4 Å². The summed E-state index contributed by atoms with van der Waals surface area (Å²) >= 11 is 0. The van der Waals surface area contributed by atoms with Crippen LogP contribution in [0.4, 0.5) is 0 Å². The highest BCUT2D eigenvalue weighted by Crippen LogP contribution is 2.43. The molecule has 5 rings (SSSR count). The molecule has 0 radical (unpaired) electrons. The smallest absolute Gasteiger partial charge is 0.119 e. The summed E-state index contributed by atoms with van der Waals surface area (Å²) in [5, 5.41) is 1.36. The molecule has 1 aromatic carbocycles. The van der Waals surface area contributed by atoms with Gasteiger partial charge in [-0.25, -0.2) is 0 Å². The second kappa shape index (κ2) is 5.54. The molecule has 1 N–H and O–H groups in total. The van der Waals surface area contributed by atoms with Crippen LogP contribution < -0.4 is 4.74 Å². The minimum absolute atomic E-state index is 0. The third-order valence-electron chi connectivity index (χ3n) is 5.27. The van der Waals surface area contributed by atoms with E-state index in [0.29, 0.717) is 5.92 Å². The predicted octanol–water partition coefficient (Wildman–Crippen LogP) is 3.72. The zero-order chi connectivity index (χ0) is 13.7. The van der Waals surface area contributed by atoms with Crippen LogP contribution in [0.15, 0.2) is 18.2 Å². The van der Waals surface area contributed by atoms with Crippen molar-refractivity contribution in [3.8, 4) is 5.75 Å². The van der Waals surface area contributed by atoms with Gasteiger partial charge in [-0.2, -0.15) is 0 Å². The van der Waals surface area contributed by atoms with Gasteiger partial charge >= 0.3 is 0 Å². The van der Waals surface area contributed by atoms with Crippen LogP contribution in [-0.2, 0) is 0 Å². The van der Waals surface area contributed by atoms with Gasteiger partial charge in [0.2, 0.25) is 0 Å². The Morgan fingerprint density at radius 1 is 1.24 bits per heavy atom. The Balaban J connectivity index is 0.00000132. The molecule has 2 aromatic rings. The van der Waals surface area contributed by atoms with Crippen molar-refractivity contribution in [1.82, 2.24) is 9.88 Å². The highest BCUT2D eigenvalue weighted by Gasteiger charge is 2.36. The van der Waals surface area contributed by atoms with Gasteiger partial charge in [-0.1, -0.05) is 0 Å². The molecule has 1 atom stereocenters. The van der Waals surface area contributed by atoms with E-state index in [4.69, 9.17) is 4.74 Å². The fraction of sp³-hybridized carbons (Fsp3) is 0.529. The maximum Gasteiger partial charge on any atom is 0.119 e. The molecule has 3 aliphatic heterocycles. The Morgan fingerprint density at radius 3 is 2.62 bits per heavy atom. The first-order valence-electron chi connectivity index (χ1n) is 7.65. The predicted molar refractivity (Wildman–Crippen MR) is 88.7 cm³/mol. The fourth-order valence-corrected chi connectivity index (χ4v) is 4.22. The molecular weight excluding hydrogens is 284 g/mol. The third-order valence-corrected chi connectivity index (χ3v) is 5.27. The molecule has 3 fully saturated rings. The van der Waals surface area contributed by atoms with Gasteiger partial charge in [0.15, 0.2) is 0 Å². The highest BCUT2D eigenvalue weighted by atomic mass is 35.5. The normalized spacial score (nSPS) is 27.6. The Kier molecular flexibility index (Phi) is 3.89. The van der Waals surface area contributed by atoms with E-state index < -0.39 is 0 Å². The van der Waals surface area contributed by atoms with E-state index in [1.54, 1.807) is 7.11 Å². The number of piperidine rings is 3. The van der Waals surface area contributed by atoms with Crippen molar-refractivity contribution in [2.75, 3.05) is 26.7 Å². The van der Waals surface area contributed by atoms with Gasteiger partial charge in [-0.3, -0.25) is 0 Å². The van der Waals surface area contributed by atoms with Gasteiger partial charge in [0.1, 0.15) is 5.75 Å². The zero-order valence-electron chi connectivity index (χ0n) is 12.7. The number of rotatable bonds is 2. The average molecular weight is 307 g/mol. The van der Waals surface area contributed by atoms with Crippen LogP contribution in [-0.4, -0.2) is 36.6 Å². The van der Waals surface area contributed by atoms with Crippen molar-refractivity contribution in [1.29, 1.82) is 0 Å². The number of aryl methyl sites for hydroxylation is 1. The number of ether oxygens (including phenoxy) is 1. The van der Waals surface area contributed by atoms with Crippen LogP contribution in [0.2, 0.25) is 0 Å². The van der Waals surface area contributed by atoms with E-state index >= 15 is 0 Å². The summed E-state index contributed by atoms with van der Waals surface area (Å²) in [7, 11) is 1.74. The standard InChI is InChI=1S/C17H22N2O.ClH/c1-11-17(15-10-19-7-5-12(15)6-8-19)14-9-13(20-2)3-4-16(14)18-11;/h3-4,9,12,15,18H,5-8,10H2,1-2H3;1H. The van der Waals surface area contributed by atoms with Crippen molar-refractivity contribution < 1.29 is 4.74 Å². The molecule has 3 saturated heterocycles. The molecule has 21 heavy (non-hydrogen) atoms. The summed E-state index contributed by atoms with van der Waals surface area (Å²) < 4.78 is 5.41. The molecule has 1 aromatic heterocycles. The summed E-state index contributed by atoms with van der Waals surface area (Å²) in [4.78, 5) is 6.19. The van der Waals surface area contributed by atoms with E-state index in [0.717, 1.165) is 11.7 Å². The summed E-state index contributed by atoms with van der Waals surface area (Å²) in [6.45, 7) is 6.05. The second-order valence-electron chi connectivity index (χ2n) is 6.32. The van der Waals surface area contributed by atoms with Crippen molar-refractivity contribution in [3.63, 3.8) is 0 Å². The van der Waals surface area contributed by atoms with Crippen LogP contribution in [0.5, 0.6) is 5.75 Å². The molecule has 4 heterocycles. The molecule has 114 valence electrons. The van der Waals surface area contributed by atoms with Gasteiger partial charge < -0.3 is 14.6 Å². The lowest BCUT2D eigenvalue weighted by Gasteiger charge is -2.45. The first-order valence-corrected chi connectivity index (χ1v) is 7.65. The third kappa shape index (κ3) is 2.33. The fourth-order valence-electron chi connectivity index (χ4n) is 4.22. The van der Waals surface area contributed by atoms with E-state index in [9.17, 15) is 0 Å². The highest BCUT2D eigenvalue weighted by molar-refractivity contribution is 5.86. The Bertz CT molecular complexity index is 644. The molecule has 0 spiro atoms. The van der Waals surface area contributed by atoms with Gasteiger partial charge in [0.05, 0.1) is 7.11 Å². The average Bonchev–Trinajstić information content (AvgIpc) is 2.83. The number of aromatic amines is 1. The van der Waals surface area contributed by atoms with Crippen LogP contribution in [0.3, 0.4) is 0 Å². The van der Waals surface area contributed by atoms with Crippen LogP contribution in [0, 0.1) is 12.8 Å². The number of halogens is 1. The molecule has 2 bridgehead atoms. The number of benzene rings is 1. The molecule has 3 aliphatic rings. The lowest BCUT2D eigenvalue weighted by atomic mass is 9.75. The number of aromatic nitrogens is 1. The summed E-state index contributed by atoms with van der Waals surface area (Å²) in [6, 6.07) is 6.39. The van der Waals surface area contributed by atoms with Crippen molar-refractivity contribution in [2.45, 2.75) is 25.7 Å². The molecule has 0 aliphatic carbocycles. The maximum absolute atomic E-state index is 5.41. The SMILES string of the molecule is COc1ccc2[nH]c(C)c(C3CN4CCC3CC4)c2c1.Cl. The summed E-state index contributed by atoms with van der Waals surface area (Å²) in [6.07, 6.45) is 2.72. The van der Waals surface area contributed by atoms with Crippen molar-refractivity contribution in [3.05, 3.63) is 29.5 Å². The lowest BCUT2D eigenvalue weighted by Crippen LogP contribution is -2.46. The summed E-state index contributed by atoms with van der Waals surface area (Å²) in [5.74, 6) is 2.52. The topological polar surface area (TPSA) is 28.3 Å². The van der Waals surface area contributed by atoms with Crippen LogP contribution in [0.25, 0.3) is 10.9 Å². The largest absolute Gasteiger partial charge is 0.497 e. The van der Waals surface area contributed by atoms with Crippen LogP contribution in [0.1, 0.15) is 30.0 Å². The number of nitrogens with zero attached hydrogens (tertiary/aromatic N) is 1. The molecule has 4 heteroatoms. The molecular formula is C17H23ClN2O. The first kappa shape index (κ1) is 14.7. The number of methoxy groups -OCH3 is 1. The molecule has 3 nitrogen and oxygen atoms in total. The number of hydrogen-bond acceptors (Lipinski definition) is 2. The zero-order valence-corrected chi connectivity index (χ0v) is 13.5. The number of nitrogens with one attached hydrogen (secondary N) is 1. The van der Waals surface area contributed by atoms with Gasteiger partial charge in [-0.05, 0) is 62.5 Å². The van der Waals surface area contributed by atoms with E-state index in [2.05, 4.69) is 28.9 Å². The second-order valence-corrected chi connectivity index (χ2v) is 6.32. The Labute approximate surface area is 132 Å². The van der Waals surface area contributed by atoms with Gasteiger partial charge in [0, 0.05) is 29.1 Å². The minimum Gasteiger partial charge on any atom is -0.497 e. The quantitative estimate of drug-likeness (QED) is 0.916. The first-order chi connectivity index (χ1) is 9.76. The minimum atomic E-state index is 0. The Hall–Kier alpha value is -1.19. The van der Waals surface area contributed by atoms with Crippen molar-refractivity contribution >= 4 is 23.3 Å². The van der Waals surface area contributed by atoms with E-state index in [1.807, 2.05) is 6.07 Å². The summed E-state index contributed by atoms with van der Waals surface area (Å²) in [5.41, 5.74) is 4.12.